The van der Waals surface area contributed by atoms with E-state index in [1.165, 1.54) is 0 Å². The normalized spacial score (nSPS) is 11.3. The molecule has 0 heterocycles. The Labute approximate surface area is 139 Å². The van der Waals surface area contributed by atoms with Crippen LogP contribution in [0.15, 0.2) is 48.5 Å². The molecule has 23 heavy (non-hydrogen) atoms. The molecule has 1 unspecified atom stereocenters. The highest BCUT2D eigenvalue weighted by Crippen LogP contribution is 2.15. The van der Waals surface area contributed by atoms with Gasteiger partial charge in [-0.15, -0.1) is 0 Å². The number of rotatable bonds is 5. The van der Waals surface area contributed by atoms with Gasteiger partial charge in [-0.3, -0.25) is 0 Å². The third-order valence-corrected chi connectivity index (χ3v) is 3.47. The van der Waals surface area contributed by atoms with Gasteiger partial charge in [0.05, 0.1) is 17.7 Å². The van der Waals surface area contributed by atoms with Crippen LogP contribution in [0.1, 0.15) is 22.8 Å². The molecule has 2 aromatic rings. The summed E-state index contributed by atoms with van der Waals surface area (Å²) in [5.74, 6) is 0. The first-order valence-electron chi connectivity index (χ1n) is 7.03. The minimum absolute atomic E-state index is 0.0890. The number of nitrogens with zero attached hydrogens (tertiary/aromatic N) is 1. The molecule has 0 aliphatic heterocycles. The summed E-state index contributed by atoms with van der Waals surface area (Å²) in [6.07, 6.45) is -0.806. The zero-order chi connectivity index (χ0) is 16.7. The number of aliphatic hydroxyl groups excluding tert-OH is 1. The van der Waals surface area contributed by atoms with Gasteiger partial charge in [0, 0.05) is 18.1 Å². The summed E-state index contributed by atoms with van der Waals surface area (Å²) in [4.78, 5) is 11.7. The fourth-order valence-electron chi connectivity index (χ4n) is 1.99. The third kappa shape index (κ3) is 5.29. The van der Waals surface area contributed by atoms with Crippen molar-refractivity contribution in [2.45, 2.75) is 12.6 Å². The first-order valence-corrected chi connectivity index (χ1v) is 7.40. The van der Waals surface area contributed by atoms with Gasteiger partial charge in [-0.2, -0.15) is 5.26 Å². The molecule has 2 amide bonds. The molecule has 0 saturated carbocycles. The molecule has 0 fully saturated rings. The molecule has 0 bridgehead atoms. The molecule has 118 valence electrons. The second-order valence-electron chi connectivity index (χ2n) is 4.94. The zero-order valence-electron chi connectivity index (χ0n) is 12.3. The molecule has 0 radical (unpaired) electrons. The number of halogens is 1. The molecule has 0 spiro atoms. The van der Waals surface area contributed by atoms with Crippen LogP contribution in [-0.4, -0.2) is 17.7 Å². The average molecular weight is 330 g/mol. The van der Waals surface area contributed by atoms with Crippen molar-refractivity contribution < 1.29 is 9.90 Å². The maximum Gasteiger partial charge on any atom is 0.315 e. The number of hydrogen-bond donors (Lipinski definition) is 3. The largest absolute Gasteiger partial charge is 0.387 e. The summed E-state index contributed by atoms with van der Waals surface area (Å²) < 4.78 is 0. The first-order chi connectivity index (χ1) is 11.1. The molecule has 0 aliphatic carbocycles. The van der Waals surface area contributed by atoms with Crippen molar-refractivity contribution in [2.24, 2.45) is 0 Å². The highest BCUT2D eigenvalue weighted by Gasteiger charge is 2.09. The van der Waals surface area contributed by atoms with Crippen LogP contribution in [-0.2, 0) is 6.54 Å². The number of benzene rings is 2. The molecular formula is C17H16ClN3O2. The second kappa shape index (κ2) is 8.18. The fraction of sp³-hybridized carbons (Fsp3) is 0.176. The van der Waals surface area contributed by atoms with Gasteiger partial charge in [0.15, 0.2) is 0 Å². The van der Waals surface area contributed by atoms with E-state index in [2.05, 4.69) is 10.6 Å². The van der Waals surface area contributed by atoms with Crippen molar-refractivity contribution in [3.05, 3.63) is 70.2 Å². The van der Waals surface area contributed by atoms with Crippen LogP contribution < -0.4 is 10.6 Å². The smallest absolute Gasteiger partial charge is 0.315 e. The lowest BCUT2D eigenvalue weighted by atomic mass is 10.1. The highest BCUT2D eigenvalue weighted by molar-refractivity contribution is 6.30. The number of amides is 2. The first kappa shape index (κ1) is 16.8. The van der Waals surface area contributed by atoms with Crippen molar-refractivity contribution in [2.75, 3.05) is 6.54 Å². The van der Waals surface area contributed by atoms with Gasteiger partial charge in [0.1, 0.15) is 0 Å². The summed E-state index contributed by atoms with van der Waals surface area (Å²) in [5.41, 5.74) is 2.05. The highest BCUT2D eigenvalue weighted by atomic mass is 35.5. The maximum atomic E-state index is 11.7. The van der Waals surface area contributed by atoms with Gasteiger partial charge in [0.2, 0.25) is 0 Å². The zero-order valence-corrected chi connectivity index (χ0v) is 13.0. The van der Waals surface area contributed by atoms with E-state index in [1.54, 1.807) is 42.5 Å². The number of hydrogen-bond acceptors (Lipinski definition) is 3. The fourth-order valence-corrected chi connectivity index (χ4v) is 2.11. The van der Waals surface area contributed by atoms with Crippen molar-refractivity contribution in [1.29, 1.82) is 5.26 Å². The van der Waals surface area contributed by atoms with Gasteiger partial charge in [0.25, 0.3) is 0 Å². The molecule has 2 aromatic carbocycles. The Bertz CT molecular complexity index is 711. The molecule has 1 atom stereocenters. The van der Waals surface area contributed by atoms with Gasteiger partial charge in [-0.25, -0.2) is 4.79 Å². The Balaban J connectivity index is 1.78. The van der Waals surface area contributed by atoms with E-state index in [9.17, 15) is 9.90 Å². The number of aliphatic hydroxyl groups is 1. The van der Waals surface area contributed by atoms with Crippen LogP contribution in [0, 0.1) is 11.3 Å². The summed E-state index contributed by atoms with van der Waals surface area (Å²) in [6, 6.07) is 15.4. The van der Waals surface area contributed by atoms with Crippen molar-refractivity contribution in [1.82, 2.24) is 10.6 Å². The number of carbonyl (C=O) groups excluding carboxylic acids is 1. The lowest BCUT2D eigenvalue weighted by Gasteiger charge is -2.13. The van der Waals surface area contributed by atoms with Crippen LogP contribution in [0.3, 0.4) is 0 Å². The molecule has 5 nitrogen and oxygen atoms in total. The number of nitriles is 1. The van der Waals surface area contributed by atoms with Crippen LogP contribution in [0.5, 0.6) is 0 Å². The van der Waals surface area contributed by atoms with Crippen molar-refractivity contribution in [3.8, 4) is 6.07 Å². The third-order valence-electron chi connectivity index (χ3n) is 3.22. The predicted octanol–water partition coefficient (Wildman–Crippen LogP) is 2.74. The Hall–Kier alpha value is -2.55. The van der Waals surface area contributed by atoms with Crippen LogP contribution in [0.2, 0.25) is 5.02 Å². The number of nitrogens with one attached hydrogen (secondary N) is 2. The van der Waals surface area contributed by atoms with E-state index in [4.69, 9.17) is 16.9 Å². The molecule has 0 saturated heterocycles. The monoisotopic (exact) mass is 329 g/mol. The summed E-state index contributed by atoms with van der Waals surface area (Å²) in [6.45, 7) is 0.393. The molecule has 2 rings (SSSR count). The minimum atomic E-state index is -0.806. The Morgan fingerprint density at radius 2 is 1.96 bits per heavy atom. The lowest BCUT2D eigenvalue weighted by molar-refractivity contribution is 0.173. The van der Waals surface area contributed by atoms with E-state index in [1.807, 2.05) is 12.1 Å². The molecular weight excluding hydrogens is 314 g/mol. The van der Waals surface area contributed by atoms with Gasteiger partial charge in [-0.05, 0) is 35.4 Å². The summed E-state index contributed by atoms with van der Waals surface area (Å²) in [7, 11) is 0. The molecule has 0 aliphatic rings. The van der Waals surface area contributed by atoms with E-state index in [-0.39, 0.29) is 12.6 Å². The summed E-state index contributed by atoms with van der Waals surface area (Å²) in [5, 5.41) is 24.7. The quantitative estimate of drug-likeness (QED) is 0.788. The standard InChI is InChI=1S/C17H16ClN3O2/c18-15-6-4-14(5-7-15)16(22)11-21-17(23)20-10-13-3-1-2-12(8-13)9-19/h1-8,16,22H,10-11H2,(H2,20,21,23). The van der Waals surface area contributed by atoms with Crippen LogP contribution >= 0.6 is 11.6 Å². The van der Waals surface area contributed by atoms with Crippen LogP contribution in [0.25, 0.3) is 0 Å². The van der Waals surface area contributed by atoms with Gasteiger partial charge < -0.3 is 15.7 Å². The van der Waals surface area contributed by atoms with Gasteiger partial charge in [-0.1, -0.05) is 35.9 Å². The van der Waals surface area contributed by atoms with Crippen LogP contribution in [0.4, 0.5) is 4.79 Å². The average Bonchev–Trinajstić information content (AvgIpc) is 2.58. The predicted molar refractivity (Wildman–Crippen MR) is 87.8 cm³/mol. The Morgan fingerprint density at radius 3 is 2.65 bits per heavy atom. The van der Waals surface area contributed by atoms with Crippen molar-refractivity contribution >= 4 is 17.6 Å². The maximum absolute atomic E-state index is 11.7. The van der Waals surface area contributed by atoms with E-state index < -0.39 is 6.10 Å². The van der Waals surface area contributed by atoms with Gasteiger partial charge >= 0.3 is 6.03 Å². The van der Waals surface area contributed by atoms with E-state index >= 15 is 0 Å². The summed E-state index contributed by atoms with van der Waals surface area (Å²) >= 11 is 5.78. The SMILES string of the molecule is N#Cc1cccc(CNC(=O)NCC(O)c2ccc(Cl)cc2)c1. The molecule has 3 N–H and O–H groups in total. The van der Waals surface area contributed by atoms with E-state index in [0.717, 1.165) is 5.56 Å². The van der Waals surface area contributed by atoms with E-state index in [0.29, 0.717) is 22.7 Å². The number of urea groups is 1. The Kier molecular flexibility index (Phi) is 5.98. The second-order valence-corrected chi connectivity index (χ2v) is 5.38. The van der Waals surface area contributed by atoms with Crippen molar-refractivity contribution in [3.63, 3.8) is 0 Å². The Morgan fingerprint density at radius 1 is 1.22 bits per heavy atom. The number of carbonyl (C=O) groups is 1. The molecule has 6 heteroatoms. The molecule has 0 aromatic heterocycles. The minimum Gasteiger partial charge on any atom is -0.387 e. The topological polar surface area (TPSA) is 85.2 Å². The lowest BCUT2D eigenvalue weighted by Crippen LogP contribution is -2.37.